The summed E-state index contributed by atoms with van der Waals surface area (Å²) < 4.78 is 45.1. The van der Waals surface area contributed by atoms with Crippen molar-refractivity contribution < 1.29 is 27.1 Å². The number of hydrogen-bond donors (Lipinski definition) is 1. The first-order valence-electron chi connectivity index (χ1n) is 12.6. The highest BCUT2D eigenvalue weighted by Crippen LogP contribution is 2.34. The van der Waals surface area contributed by atoms with Gasteiger partial charge in [0.1, 0.15) is 23.1 Å². The predicted molar refractivity (Wildman–Crippen MR) is 150 cm³/mol. The minimum absolute atomic E-state index is 0.0592. The van der Waals surface area contributed by atoms with E-state index in [2.05, 4.69) is 4.72 Å². The average molecular weight is 550 g/mol. The lowest BCUT2D eigenvalue weighted by atomic mass is 9.99. The molecule has 9 heteroatoms. The average Bonchev–Trinajstić information content (AvgIpc) is 2.93. The Kier molecular flexibility index (Phi) is 8.22. The second kappa shape index (κ2) is 11.4. The minimum Gasteiger partial charge on any atom is -0.497 e. The van der Waals surface area contributed by atoms with E-state index in [9.17, 15) is 18.0 Å². The van der Waals surface area contributed by atoms with Crippen molar-refractivity contribution in [2.45, 2.75) is 45.1 Å². The van der Waals surface area contributed by atoms with Crippen LogP contribution in [0.5, 0.6) is 11.5 Å². The molecule has 0 saturated heterocycles. The fourth-order valence-electron chi connectivity index (χ4n) is 4.22. The molecule has 4 aromatic rings. The van der Waals surface area contributed by atoms with Gasteiger partial charge in [0.2, 0.25) is 10.0 Å². The maximum Gasteiger partial charge on any atom is 0.336 e. The van der Waals surface area contributed by atoms with E-state index in [-0.39, 0.29) is 22.1 Å². The normalized spacial score (nSPS) is 13.2. The molecule has 0 aliphatic rings. The van der Waals surface area contributed by atoms with Crippen LogP contribution in [0.2, 0.25) is 0 Å². The van der Waals surface area contributed by atoms with Crippen LogP contribution in [0.4, 0.5) is 0 Å². The van der Waals surface area contributed by atoms with Crippen LogP contribution in [0, 0.1) is 19.8 Å². The molecule has 8 nitrogen and oxygen atoms in total. The molecular weight excluding hydrogens is 518 g/mol. The van der Waals surface area contributed by atoms with Gasteiger partial charge < -0.3 is 13.9 Å². The summed E-state index contributed by atoms with van der Waals surface area (Å²) in [7, 11) is -2.40. The van der Waals surface area contributed by atoms with Crippen molar-refractivity contribution >= 4 is 27.0 Å². The van der Waals surface area contributed by atoms with Crippen LogP contribution < -0.4 is 19.8 Å². The van der Waals surface area contributed by atoms with Crippen LogP contribution in [0.1, 0.15) is 31.4 Å². The van der Waals surface area contributed by atoms with E-state index >= 15 is 0 Å². The molecule has 0 unspecified atom stereocenters. The fourth-order valence-corrected chi connectivity index (χ4v) is 5.51. The lowest BCUT2D eigenvalue weighted by Gasteiger charge is -2.23. The summed E-state index contributed by atoms with van der Waals surface area (Å²) in [5.74, 6) is -0.245. The van der Waals surface area contributed by atoms with Crippen LogP contribution in [-0.4, -0.2) is 27.5 Å². The van der Waals surface area contributed by atoms with E-state index in [0.29, 0.717) is 28.7 Å². The first-order valence-corrected chi connectivity index (χ1v) is 14.0. The zero-order chi connectivity index (χ0) is 28.3. The Labute approximate surface area is 227 Å². The maximum absolute atomic E-state index is 13.3. The first-order chi connectivity index (χ1) is 18.5. The number of hydrogen-bond acceptors (Lipinski definition) is 7. The van der Waals surface area contributed by atoms with E-state index in [4.69, 9.17) is 13.9 Å². The fraction of sp³-hybridized carbons (Fsp3) is 0.267. The third-order valence-electron chi connectivity index (χ3n) is 6.80. The van der Waals surface area contributed by atoms with Gasteiger partial charge >= 0.3 is 11.6 Å². The Bertz CT molecular complexity index is 1660. The largest absolute Gasteiger partial charge is 0.497 e. The summed E-state index contributed by atoms with van der Waals surface area (Å²) in [5, 5.41) is 0.663. The molecule has 1 N–H and O–H groups in total. The Morgan fingerprint density at radius 2 is 1.67 bits per heavy atom. The molecule has 0 radical (unpaired) electrons. The monoisotopic (exact) mass is 549 g/mol. The molecule has 0 bridgehead atoms. The number of fused-ring (bicyclic) bond motifs is 1. The van der Waals surface area contributed by atoms with E-state index in [1.165, 1.54) is 18.2 Å². The number of methoxy groups -OCH3 is 1. The molecular formula is C30H31NO7S. The SMILES string of the molecule is CC[C@H](C)[C@@H](NS(=O)(=O)c1ccc(C)cc1)C(=O)Oc1ccc2c(-c3ccc(OC)cc3)cc(=O)oc2c1C. The van der Waals surface area contributed by atoms with E-state index in [0.717, 1.165) is 11.1 Å². The minimum atomic E-state index is -3.98. The maximum atomic E-state index is 13.3. The topological polar surface area (TPSA) is 112 Å². The highest BCUT2D eigenvalue weighted by molar-refractivity contribution is 7.89. The number of benzene rings is 3. The van der Waals surface area contributed by atoms with Crippen molar-refractivity contribution in [2.75, 3.05) is 7.11 Å². The number of nitrogens with one attached hydrogen (secondary N) is 1. The Morgan fingerprint density at radius 3 is 2.28 bits per heavy atom. The molecule has 1 aromatic heterocycles. The van der Waals surface area contributed by atoms with Crippen molar-refractivity contribution in [2.24, 2.45) is 5.92 Å². The van der Waals surface area contributed by atoms with Crippen molar-refractivity contribution in [3.05, 3.63) is 88.3 Å². The van der Waals surface area contributed by atoms with E-state index in [1.54, 1.807) is 57.4 Å². The van der Waals surface area contributed by atoms with Gasteiger partial charge in [0.15, 0.2) is 0 Å². The molecule has 0 aliphatic carbocycles. The number of carbonyl (C=O) groups is 1. The zero-order valence-corrected chi connectivity index (χ0v) is 23.3. The van der Waals surface area contributed by atoms with Gasteiger partial charge in [-0.3, -0.25) is 0 Å². The lowest BCUT2D eigenvalue weighted by molar-refractivity contribution is -0.137. The Morgan fingerprint density at radius 1 is 1.00 bits per heavy atom. The second-order valence-corrected chi connectivity index (χ2v) is 11.2. The molecule has 0 saturated carbocycles. The summed E-state index contributed by atoms with van der Waals surface area (Å²) in [6, 6.07) is 17.3. The summed E-state index contributed by atoms with van der Waals surface area (Å²) in [4.78, 5) is 25.8. The predicted octanol–water partition coefficient (Wildman–Crippen LogP) is 5.38. The highest BCUT2D eigenvalue weighted by Gasteiger charge is 2.32. The number of carbonyl (C=O) groups excluding carboxylic acids is 1. The van der Waals surface area contributed by atoms with Crippen LogP contribution in [0.3, 0.4) is 0 Å². The highest BCUT2D eigenvalue weighted by atomic mass is 32.2. The van der Waals surface area contributed by atoms with Crippen molar-refractivity contribution in [3.8, 4) is 22.6 Å². The van der Waals surface area contributed by atoms with Gasteiger partial charge in [-0.25, -0.2) is 18.0 Å². The molecule has 0 fully saturated rings. The van der Waals surface area contributed by atoms with Gasteiger partial charge in [-0.1, -0.05) is 50.1 Å². The number of esters is 1. The molecule has 0 spiro atoms. The number of sulfonamides is 1. The number of rotatable bonds is 9. The van der Waals surface area contributed by atoms with Crippen molar-refractivity contribution in [1.82, 2.24) is 4.72 Å². The number of aryl methyl sites for hydroxylation is 2. The van der Waals surface area contributed by atoms with Crippen LogP contribution in [0.15, 0.2) is 80.8 Å². The van der Waals surface area contributed by atoms with Gasteiger partial charge in [0, 0.05) is 17.0 Å². The molecule has 39 heavy (non-hydrogen) atoms. The van der Waals surface area contributed by atoms with Crippen LogP contribution >= 0.6 is 0 Å². The zero-order valence-electron chi connectivity index (χ0n) is 22.5. The summed E-state index contributed by atoms with van der Waals surface area (Å²) in [6.07, 6.45) is 0.535. The second-order valence-electron chi connectivity index (χ2n) is 9.49. The summed E-state index contributed by atoms with van der Waals surface area (Å²) in [5.41, 5.74) is 2.54. The molecule has 0 amide bonds. The molecule has 0 aliphatic heterocycles. The van der Waals surface area contributed by atoms with Crippen molar-refractivity contribution in [1.29, 1.82) is 0 Å². The van der Waals surface area contributed by atoms with E-state index < -0.39 is 27.7 Å². The Hall–Kier alpha value is -3.95. The van der Waals surface area contributed by atoms with Crippen LogP contribution in [0.25, 0.3) is 22.1 Å². The summed E-state index contributed by atoms with van der Waals surface area (Å²) >= 11 is 0. The van der Waals surface area contributed by atoms with Gasteiger partial charge in [-0.05, 0) is 67.3 Å². The first kappa shape index (κ1) is 28.1. The van der Waals surface area contributed by atoms with E-state index in [1.807, 2.05) is 26.0 Å². The van der Waals surface area contributed by atoms with Gasteiger partial charge in [-0.15, -0.1) is 0 Å². The standard InChI is InChI=1S/C30H31NO7S/c1-6-19(3)28(31-39(34,35)23-13-7-18(2)8-14-23)30(33)37-26-16-15-24-25(17-27(32)38-29(24)20(26)4)21-9-11-22(36-5)12-10-21/h7-17,19,28,31H,6H2,1-5H3/t19-,28+/m0/s1. The van der Waals surface area contributed by atoms with Gasteiger partial charge in [-0.2, -0.15) is 4.72 Å². The third kappa shape index (κ3) is 6.05. The smallest absolute Gasteiger partial charge is 0.336 e. The quantitative estimate of drug-likeness (QED) is 0.169. The molecule has 3 aromatic carbocycles. The van der Waals surface area contributed by atoms with Gasteiger partial charge in [0.25, 0.3) is 0 Å². The third-order valence-corrected chi connectivity index (χ3v) is 8.26. The summed E-state index contributed by atoms with van der Waals surface area (Å²) in [6.45, 7) is 7.18. The van der Waals surface area contributed by atoms with Crippen LogP contribution in [-0.2, 0) is 14.8 Å². The molecule has 204 valence electrons. The molecule has 2 atom stereocenters. The van der Waals surface area contributed by atoms with Gasteiger partial charge in [0.05, 0.1) is 12.0 Å². The molecule has 4 rings (SSSR count). The molecule has 1 heterocycles. The lowest BCUT2D eigenvalue weighted by Crippen LogP contribution is -2.47. The Balaban J connectivity index is 1.67. The van der Waals surface area contributed by atoms with Crippen molar-refractivity contribution in [3.63, 3.8) is 0 Å². The number of ether oxygens (including phenoxy) is 2.